The highest BCUT2D eigenvalue weighted by molar-refractivity contribution is 7.91. The van der Waals surface area contributed by atoms with Gasteiger partial charge in [0.15, 0.2) is 9.84 Å². The number of hydrogen-bond donors (Lipinski definition) is 0. The number of carbonyl (C=O) groups excluding carboxylic acids is 1. The number of esters is 1. The SMILES string of the molecule is COC(=O)C1CS(=O)(=O)c2c(-c3cccc(C(F)(F)F)c3)c(Cc3cccc4ccccc34)c(CN(C)C)c(=O)n21. The number of sulfone groups is 1. The average Bonchev–Trinajstić information content (AvgIpc) is 3.21. The molecule has 1 atom stereocenters. The number of ether oxygens (including phenoxy) is 1. The molecule has 4 aromatic rings. The van der Waals surface area contributed by atoms with Crippen molar-refractivity contribution in [3.8, 4) is 11.1 Å². The molecule has 7 nitrogen and oxygen atoms in total. The number of fused-ring (bicyclic) bond motifs is 2. The van der Waals surface area contributed by atoms with E-state index in [1.165, 1.54) is 12.1 Å². The lowest BCUT2D eigenvalue weighted by atomic mass is 9.89. The summed E-state index contributed by atoms with van der Waals surface area (Å²) in [5.41, 5.74) is -0.466. The van der Waals surface area contributed by atoms with E-state index in [1.807, 2.05) is 42.5 Å². The van der Waals surface area contributed by atoms with Gasteiger partial charge in [0.2, 0.25) is 0 Å². The van der Waals surface area contributed by atoms with Crippen molar-refractivity contribution in [3.63, 3.8) is 0 Å². The van der Waals surface area contributed by atoms with Gasteiger partial charge < -0.3 is 9.64 Å². The summed E-state index contributed by atoms with van der Waals surface area (Å²) in [4.78, 5) is 28.5. The van der Waals surface area contributed by atoms with E-state index < -0.39 is 49.9 Å². The number of rotatable bonds is 6. The van der Waals surface area contributed by atoms with Crippen molar-refractivity contribution in [2.24, 2.45) is 0 Å². The number of carbonyl (C=O) groups is 1. The Bertz CT molecular complexity index is 1840. The summed E-state index contributed by atoms with van der Waals surface area (Å²) in [6, 6.07) is 16.0. The molecule has 3 aromatic carbocycles. The van der Waals surface area contributed by atoms with Gasteiger partial charge in [-0.3, -0.25) is 9.36 Å². The zero-order chi connectivity index (χ0) is 29.7. The number of aromatic nitrogens is 1. The van der Waals surface area contributed by atoms with Crippen LogP contribution in [0.2, 0.25) is 0 Å². The van der Waals surface area contributed by atoms with Crippen LogP contribution in [0.4, 0.5) is 13.2 Å². The Balaban J connectivity index is 1.94. The first-order chi connectivity index (χ1) is 19.3. The van der Waals surface area contributed by atoms with Gasteiger partial charge in [0, 0.05) is 17.7 Å². The fraction of sp³-hybridized carbons (Fsp3) is 0.267. The molecule has 2 heterocycles. The molecule has 1 unspecified atom stereocenters. The van der Waals surface area contributed by atoms with E-state index in [0.29, 0.717) is 5.56 Å². The number of pyridine rings is 1. The van der Waals surface area contributed by atoms with Crippen LogP contribution < -0.4 is 5.56 Å². The summed E-state index contributed by atoms with van der Waals surface area (Å²) >= 11 is 0. The Kier molecular flexibility index (Phi) is 7.29. The van der Waals surface area contributed by atoms with Crippen LogP contribution in [-0.2, 0) is 38.5 Å². The van der Waals surface area contributed by atoms with Crippen molar-refractivity contribution < 1.29 is 31.1 Å². The molecule has 5 rings (SSSR count). The van der Waals surface area contributed by atoms with Gasteiger partial charge in [-0.1, -0.05) is 54.6 Å². The van der Waals surface area contributed by atoms with E-state index in [-0.39, 0.29) is 29.7 Å². The van der Waals surface area contributed by atoms with Crippen LogP contribution in [0.5, 0.6) is 0 Å². The molecule has 0 N–H and O–H groups in total. The van der Waals surface area contributed by atoms with E-state index in [4.69, 9.17) is 4.74 Å². The Labute approximate surface area is 234 Å². The smallest absolute Gasteiger partial charge is 0.416 e. The summed E-state index contributed by atoms with van der Waals surface area (Å²) in [6.07, 6.45) is -4.63. The van der Waals surface area contributed by atoms with Crippen LogP contribution in [0.15, 0.2) is 76.6 Å². The minimum atomic E-state index is -4.69. The zero-order valence-electron chi connectivity index (χ0n) is 22.5. The van der Waals surface area contributed by atoms with Gasteiger partial charge in [-0.2, -0.15) is 13.2 Å². The van der Waals surface area contributed by atoms with Crippen LogP contribution in [0, 0.1) is 0 Å². The third-order valence-electron chi connectivity index (χ3n) is 7.23. The summed E-state index contributed by atoms with van der Waals surface area (Å²) in [7, 11) is 0.229. The molecular weight excluding hydrogens is 557 g/mol. The number of nitrogens with zero attached hydrogens (tertiary/aromatic N) is 2. The molecule has 0 saturated heterocycles. The van der Waals surface area contributed by atoms with Crippen LogP contribution in [0.3, 0.4) is 0 Å². The Morgan fingerprint density at radius 2 is 1.71 bits per heavy atom. The minimum Gasteiger partial charge on any atom is -0.467 e. The quantitative estimate of drug-likeness (QED) is 0.302. The van der Waals surface area contributed by atoms with Crippen molar-refractivity contribution in [1.82, 2.24) is 9.47 Å². The number of halogens is 3. The summed E-state index contributed by atoms with van der Waals surface area (Å²) in [6.45, 7) is 0.0547. The highest BCUT2D eigenvalue weighted by Gasteiger charge is 2.44. The third-order valence-corrected chi connectivity index (χ3v) is 8.98. The molecule has 0 fully saturated rings. The minimum absolute atomic E-state index is 0.0205. The van der Waals surface area contributed by atoms with Crippen molar-refractivity contribution >= 4 is 26.6 Å². The fourth-order valence-electron chi connectivity index (χ4n) is 5.49. The first-order valence-electron chi connectivity index (χ1n) is 12.7. The van der Waals surface area contributed by atoms with Crippen LogP contribution >= 0.6 is 0 Å². The summed E-state index contributed by atoms with van der Waals surface area (Å²) < 4.78 is 74.5. The molecule has 11 heteroatoms. The van der Waals surface area contributed by atoms with Crippen LogP contribution in [-0.4, -0.2) is 50.8 Å². The van der Waals surface area contributed by atoms with E-state index in [2.05, 4.69) is 0 Å². The number of benzene rings is 3. The Morgan fingerprint density at radius 3 is 2.39 bits per heavy atom. The lowest BCUT2D eigenvalue weighted by Gasteiger charge is -2.23. The molecular formula is C30H27F3N2O5S. The third kappa shape index (κ3) is 5.15. The molecule has 0 aliphatic carbocycles. The molecule has 1 aliphatic rings. The molecule has 1 aliphatic heterocycles. The second kappa shape index (κ2) is 10.5. The lowest BCUT2D eigenvalue weighted by molar-refractivity contribution is -0.144. The molecule has 0 radical (unpaired) electrons. The van der Waals surface area contributed by atoms with Gasteiger partial charge in [-0.15, -0.1) is 0 Å². The maximum atomic E-state index is 14.1. The predicted molar refractivity (Wildman–Crippen MR) is 148 cm³/mol. The second-order valence-electron chi connectivity index (χ2n) is 10.3. The molecule has 0 spiro atoms. The van der Waals surface area contributed by atoms with Gasteiger partial charge in [0.25, 0.3) is 5.56 Å². The van der Waals surface area contributed by atoms with Gasteiger partial charge >= 0.3 is 12.1 Å². The van der Waals surface area contributed by atoms with Crippen LogP contribution in [0.1, 0.15) is 28.3 Å². The van der Waals surface area contributed by atoms with Gasteiger partial charge in [0.05, 0.1) is 18.4 Å². The van der Waals surface area contributed by atoms with E-state index in [0.717, 1.165) is 40.1 Å². The number of alkyl halides is 3. The summed E-state index contributed by atoms with van der Waals surface area (Å²) in [5.74, 6) is -1.66. The molecule has 214 valence electrons. The van der Waals surface area contributed by atoms with Crippen molar-refractivity contribution in [2.75, 3.05) is 27.0 Å². The normalized spacial score (nSPS) is 16.2. The highest BCUT2D eigenvalue weighted by Crippen LogP contribution is 2.42. The summed E-state index contributed by atoms with van der Waals surface area (Å²) in [5, 5.41) is 1.29. The van der Waals surface area contributed by atoms with Gasteiger partial charge in [-0.25, -0.2) is 13.2 Å². The average molecular weight is 585 g/mol. The molecule has 0 amide bonds. The lowest BCUT2D eigenvalue weighted by Crippen LogP contribution is -2.34. The number of methoxy groups -OCH3 is 1. The van der Waals surface area contributed by atoms with Crippen molar-refractivity contribution in [1.29, 1.82) is 0 Å². The van der Waals surface area contributed by atoms with Crippen molar-refractivity contribution in [3.05, 3.63) is 99.3 Å². The van der Waals surface area contributed by atoms with Crippen LogP contribution in [0.25, 0.3) is 21.9 Å². The largest absolute Gasteiger partial charge is 0.467 e. The maximum Gasteiger partial charge on any atom is 0.416 e. The molecule has 0 bridgehead atoms. The Hall–Kier alpha value is -3.96. The topological polar surface area (TPSA) is 85.7 Å². The standard InChI is InChI=1S/C30H27F3N2O5S/c1-34(2)16-24-23(15-19-10-6-9-18-8-4-5-13-22(18)19)26(20-11-7-12-21(14-20)30(31,32)33)28-35(27(24)36)25(29(37)40-3)17-41(28,38)39/h4-14,25H,15-17H2,1-3H3. The number of hydrogen-bond acceptors (Lipinski definition) is 6. The van der Waals surface area contributed by atoms with Gasteiger partial charge in [-0.05, 0) is 60.1 Å². The monoisotopic (exact) mass is 584 g/mol. The first-order valence-corrected chi connectivity index (χ1v) is 14.4. The van der Waals surface area contributed by atoms with Gasteiger partial charge in [0.1, 0.15) is 11.1 Å². The molecule has 0 saturated carbocycles. The maximum absolute atomic E-state index is 14.1. The van der Waals surface area contributed by atoms with E-state index >= 15 is 0 Å². The Morgan fingerprint density at radius 1 is 1.02 bits per heavy atom. The molecule has 1 aromatic heterocycles. The first kappa shape index (κ1) is 28.6. The van der Waals surface area contributed by atoms with Crippen molar-refractivity contribution in [2.45, 2.75) is 30.2 Å². The molecule has 41 heavy (non-hydrogen) atoms. The fourth-order valence-corrected chi connectivity index (χ4v) is 7.41. The van der Waals surface area contributed by atoms with E-state index in [1.54, 1.807) is 19.0 Å². The van der Waals surface area contributed by atoms with E-state index in [9.17, 15) is 31.2 Å². The highest BCUT2D eigenvalue weighted by atomic mass is 32.2. The second-order valence-corrected chi connectivity index (χ2v) is 12.2. The zero-order valence-corrected chi connectivity index (χ0v) is 23.3. The predicted octanol–water partition coefficient (Wildman–Crippen LogP) is 4.84.